The van der Waals surface area contributed by atoms with E-state index in [2.05, 4.69) is 18.0 Å². The lowest BCUT2D eigenvalue weighted by Crippen LogP contribution is -2.23. The molecule has 3 rings (SSSR count). The van der Waals surface area contributed by atoms with Crippen molar-refractivity contribution in [3.05, 3.63) is 57.0 Å². The molecule has 142 valence electrons. The third kappa shape index (κ3) is 4.03. The van der Waals surface area contributed by atoms with Crippen LogP contribution in [0.3, 0.4) is 0 Å². The molecule has 0 bridgehead atoms. The Balaban J connectivity index is 1.79. The molecule has 0 saturated carbocycles. The molecule has 6 nitrogen and oxygen atoms in total. The normalized spacial score (nSPS) is 10.9. The van der Waals surface area contributed by atoms with Crippen molar-refractivity contribution in [2.24, 2.45) is 0 Å². The fraction of sp³-hybridized carbons (Fsp3) is 0.350. The second-order valence-electron chi connectivity index (χ2n) is 6.05. The molecule has 0 aliphatic rings. The van der Waals surface area contributed by atoms with E-state index in [4.69, 9.17) is 9.47 Å². The lowest BCUT2D eigenvalue weighted by molar-refractivity contribution is 0.0531. The van der Waals surface area contributed by atoms with Gasteiger partial charge in [-0.2, -0.15) is 0 Å². The first-order valence-corrected chi connectivity index (χ1v) is 9.74. The van der Waals surface area contributed by atoms with Gasteiger partial charge in [0.25, 0.3) is 5.56 Å². The number of hydrogen-bond acceptors (Lipinski definition) is 6. The summed E-state index contributed by atoms with van der Waals surface area (Å²) >= 11 is 1.19. The predicted molar refractivity (Wildman–Crippen MR) is 106 cm³/mol. The van der Waals surface area contributed by atoms with E-state index in [1.165, 1.54) is 27.8 Å². The van der Waals surface area contributed by atoms with Gasteiger partial charge in [-0.15, -0.1) is 11.3 Å². The molecule has 0 atom stereocenters. The quantitative estimate of drug-likeness (QED) is 0.581. The number of nitrogens with zero attached hydrogens (tertiary/aromatic N) is 2. The monoisotopic (exact) mass is 386 g/mol. The molecule has 0 aliphatic heterocycles. The van der Waals surface area contributed by atoms with E-state index in [1.54, 1.807) is 13.8 Å². The second kappa shape index (κ2) is 8.35. The number of carbonyl (C=O) groups is 1. The van der Waals surface area contributed by atoms with Crippen LogP contribution >= 0.6 is 11.3 Å². The number of carbonyl (C=O) groups excluding carboxylic acids is 1. The smallest absolute Gasteiger partial charge is 0.348 e. The Kier molecular flexibility index (Phi) is 5.91. The van der Waals surface area contributed by atoms with Crippen LogP contribution in [0.1, 0.15) is 34.6 Å². The summed E-state index contributed by atoms with van der Waals surface area (Å²) in [4.78, 5) is 30.2. The van der Waals surface area contributed by atoms with Gasteiger partial charge in [-0.25, -0.2) is 9.78 Å². The van der Waals surface area contributed by atoms with Crippen molar-refractivity contribution in [2.45, 2.75) is 33.7 Å². The Morgan fingerprint density at radius 1 is 1.30 bits per heavy atom. The second-order valence-corrected chi connectivity index (χ2v) is 7.05. The predicted octanol–water partition coefficient (Wildman–Crippen LogP) is 3.58. The van der Waals surface area contributed by atoms with Crippen molar-refractivity contribution >= 4 is 27.5 Å². The van der Waals surface area contributed by atoms with Gasteiger partial charge in [0.2, 0.25) is 0 Å². The molecule has 2 aromatic heterocycles. The Hall–Kier alpha value is -2.67. The van der Waals surface area contributed by atoms with Crippen LogP contribution < -0.4 is 10.3 Å². The summed E-state index contributed by atoms with van der Waals surface area (Å²) in [6, 6.07) is 7.91. The fourth-order valence-corrected chi connectivity index (χ4v) is 3.86. The molecule has 0 unspecified atom stereocenters. The summed E-state index contributed by atoms with van der Waals surface area (Å²) < 4.78 is 12.3. The molecule has 0 saturated heterocycles. The maximum atomic E-state index is 12.8. The number of aryl methyl sites for hydroxylation is 2. The maximum Gasteiger partial charge on any atom is 0.348 e. The summed E-state index contributed by atoms with van der Waals surface area (Å²) in [6.07, 6.45) is 2.44. The minimum atomic E-state index is -0.414. The topological polar surface area (TPSA) is 70.4 Å². The van der Waals surface area contributed by atoms with Gasteiger partial charge in [0.05, 0.1) is 24.9 Å². The summed E-state index contributed by atoms with van der Waals surface area (Å²) in [7, 11) is 0. The van der Waals surface area contributed by atoms with Gasteiger partial charge in [0.15, 0.2) is 0 Å². The number of hydrogen-bond donors (Lipinski definition) is 0. The van der Waals surface area contributed by atoms with Crippen molar-refractivity contribution in [1.82, 2.24) is 9.55 Å². The van der Waals surface area contributed by atoms with Crippen LogP contribution in [0.25, 0.3) is 10.2 Å². The van der Waals surface area contributed by atoms with E-state index in [-0.39, 0.29) is 5.56 Å². The summed E-state index contributed by atoms with van der Waals surface area (Å²) in [5.74, 6) is 0.371. The first-order chi connectivity index (χ1) is 13.0. The first-order valence-electron chi connectivity index (χ1n) is 8.92. The standard InChI is InChI=1S/C20H22N2O4S/c1-4-14-7-6-8-15(11-14)26-10-9-22-12-21-18-16(19(22)23)13(3)17(27-18)20(24)25-5-2/h6-8,11-12H,4-5,9-10H2,1-3H3. The molecule has 2 heterocycles. The van der Waals surface area contributed by atoms with Crippen LogP contribution in [0.5, 0.6) is 5.75 Å². The van der Waals surface area contributed by atoms with Crippen LogP contribution in [0, 0.1) is 6.92 Å². The van der Waals surface area contributed by atoms with E-state index in [9.17, 15) is 9.59 Å². The molecule has 1 aromatic carbocycles. The van der Waals surface area contributed by atoms with Crippen molar-refractivity contribution in [2.75, 3.05) is 13.2 Å². The molecule has 0 spiro atoms. The van der Waals surface area contributed by atoms with Gasteiger partial charge in [0, 0.05) is 0 Å². The third-order valence-corrected chi connectivity index (χ3v) is 5.47. The van der Waals surface area contributed by atoms with Gasteiger partial charge in [-0.05, 0) is 43.5 Å². The number of esters is 1. The van der Waals surface area contributed by atoms with Crippen LogP contribution in [0.15, 0.2) is 35.4 Å². The molecule has 27 heavy (non-hydrogen) atoms. The summed E-state index contributed by atoms with van der Waals surface area (Å²) in [5.41, 5.74) is 1.65. The Labute approximate surface area is 161 Å². The van der Waals surface area contributed by atoms with Crippen LogP contribution in [0.4, 0.5) is 0 Å². The zero-order valence-electron chi connectivity index (χ0n) is 15.7. The van der Waals surface area contributed by atoms with E-state index < -0.39 is 5.97 Å². The molecule has 0 amide bonds. The number of rotatable bonds is 7. The summed E-state index contributed by atoms with van der Waals surface area (Å²) in [6.45, 7) is 6.62. The maximum absolute atomic E-state index is 12.8. The van der Waals surface area contributed by atoms with Gasteiger partial charge in [0.1, 0.15) is 22.1 Å². The average molecular weight is 386 g/mol. The lowest BCUT2D eigenvalue weighted by atomic mass is 10.2. The zero-order chi connectivity index (χ0) is 19.4. The molecule has 0 fully saturated rings. The highest BCUT2D eigenvalue weighted by Crippen LogP contribution is 2.27. The van der Waals surface area contributed by atoms with Crippen LogP contribution in [-0.4, -0.2) is 28.7 Å². The zero-order valence-corrected chi connectivity index (χ0v) is 16.5. The lowest BCUT2D eigenvalue weighted by Gasteiger charge is -2.09. The number of thiophene rings is 1. The number of aromatic nitrogens is 2. The molecule has 0 aliphatic carbocycles. The average Bonchev–Trinajstić information content (AvgIpc) is 3.01. The van der Waals surface area contributed by atoms with E-state index in [1.807, 2.05) is 18.2 Å². The minimum Gasteiger partial charge on any atom is -0.492 e. The van der Waals surface area contributed by atoms with Gasteiger partial charge >= 0.3 is 5.97 Å². The van der Waals surface area contributed by atoms with Crippen molar-refractivity contribution in [3.8, 4) is 5.75 Å². The molecule has 7 heteroatoms. The van der Waals surface area contributed by atoms with Gasteiger partial charge < -0.3 is 9.47 Å². The Bertz CT molecular complexity index is 1020. The SMILES string of the molecule is CCOC(=O)c1sc2ncn(CCOc3cccc(CC)c3)c(=O)c2c1C. The highest BCUT2D eigenvalue weighted by molar-refractivity contribution is 7.20. The first kappa shape index (κ1) is 19.1. The highest BCUT2D eigenvalue weighted by Gasteiger charge is 2.20. The molecule has 0 radical (unpaired) electrons. The molecular formula is C20H22N2O4S. The Morgan fingerprint density at radius 2 is 2.11 bits per heavy atom. The number of benzene rings is 1. The van der Waals surface area contributed by atoms with E-state index in [0.29, 0.717) is 40.4 Å². The van der Waals surface area contributed by atoms with Crippen molar-refractivity contribution < 1.29 is 14.3 Å². The van der Waals surface area contributed by atoms with Crippen molar-refractivity contribution in [1.29, 1.82) is 0 Å². The largest absolute Gasteiger partial charge is 0.492 e. The highest BCUT2D eigenvalue weighted by atomic mass is 32.1. The summed E-state index contributed by atoms with van der Waals surface area (Å²) in [5, 5.41) is 0.471. The van der Waals surface area contributed by atoms with E-state index >= 15 is 0 Å². The minimum absolute atomic E-state index is 0.171. The van der Waals surface area contributed by atoms with Crippen LogP contribution in [-0.2, 0) is 17.7 Å². The number of fused-ring (bicyclic) bond motifs is 1. The Morgan fingerprint density at radius 3 is 2.85 bits per heavy atom. The molecule has 3 aromatic rings. The van der Waals surface area contributed by atoms with E-state index in [0.717, 1.165) is 12.2 Å². The third-order valence-electron chi connectivity index (χ3n) is 4.29. The fourth-order valence-electron chi connectivity index (χ4n) is 2.83. The molecule has 0 N–H and O–H groups in total. The van der Waals surface area contributed by atoms with Gasteiger partial charge in [-0.1, -0.05) is 19.1 Å². The van der Waals surface area contributed by atoms with Crippen LogP contribution in [0.2, 0.25) is 0 Å². The number of ether oxygens (including phenoxy) is 2. The molecular weight excluding hydrogens is 364 g/mol. The van der Waals surface area contributed by atoms with Crippen molar-refractivity contribution in [3.63, 3.8) is 0 Å². The van der Waals surface area contributed by atoms with Gasteiger partial charge in [-0.3, -0.25) is 9.36 Å².